The van der Waals surface area contributed by atoms with Gasteiger partial charge in [0.25, 0.3) is 0 Å². The predicted molar refractivity (Wildman–Crippen MR) is 56.6 cm³/mol. The number of halogens is 3. The van der Waals surface area contributed by atoms with Gasteiger partial charge in [0.2, 0.25) is 0 Å². The van der Waals surface area contributed by atoms with Crippen LogP contribution in [0.1, 0.15) is 5.56 Å². The van der Waals surface area contributed by atoms with E-state index in [4.69, 9.17) is 11.6 Å². The highest BCUT2D eigenvalue weighted by molar-refractivity contribution is 14.1. The van der Waals surface area contributed by atoms with Crippen molar-refractivity contribution in [1.82, 2.24) is 0 Å². The highest BCUT2D eigenvalue weighted by atomic mass is 127. The number of rotatable bonds is 0. The highest BCUT2D eigenvalue weighted by Gasteiger charge is 2.02. The monoisotopic (exact) mass is 330 g/mol. The fourth-order valence-electron chi connectivity index (χ4n) is 0.628. The maximum absolute atomic E-state index is 5.93. The van der Waals surface area contributed by atoms with E-state index in [1.807, 2.05) is 19.1 Å². The Hall–Kier alpha value is 0.720. The molecule has 0 spiro atoms. The molecule has 0 saturated heterocycles. The summed E-state index contributed by atoms with van der Waals surface area (Å²) in [6.45, 7) is 2.01. The summed E-state index contributed by atoms with van der Waals surface area (Å²) in [5, 5.41) is 0.812. The van der Waals surface area contributed by atoms with Gasteiger partial charge in [0.05, 0.1) is 5.02 Å². The number of hydrogen-bond donors (Lipinski definition) is 0. The summed E-state index contributed by atoms with van der Waals surface area (Å²) < 4.78 is 2.16. The lowest BCUT2D eigenvalue weighted by atomic mass is 10.2. The first-order valence-corrected chi connectivity index (χ1v) is 4.98. The van der Waals surface area contributed by atoms with Crippen LogP contribution >= 0.6 is 50.1 Å². The zero-order chi connectivity index (χ0) is 7.72. The van der Waals surface area contributed by atoms with Crippen LogP contribution in [-0.4, -0.2) is 0 Å². The molecule has 0 saturated carbocycles. The smallest absolute Gasteiger partial charge is 0.0587 e. The van der Waals surface area contributed by atoms with Crippen molar-refractivity contribution in [2.75, 3.05) is 0 Å². The third-order valence-corrected chi connectivity index (χ3v) is 3.82. The molecule has 0 aliphatic carbocycles. The molecule has 0 N–H and O–H groups in total. The minimum Gasteiger partial charge on any atom is -0.0828 e. The molecule has 0 aliphatic rings. The third kappa shape index (κ3) is 1.66. The van der Waals surface area contributed by atoms with E-state index in [1.165, 1.54) is 3.57 Å². The van der Waals surface area contributed by atoms with E-state index in [0.29, 0.717) is 0 Å². The van der Waals surface area contributed by atoms with Gasteiger partial charge >= 0.3 is 0 Å². The van der Waals surface area contributed by atoms with E-state index in [-0.39, 0.29) is 0 Å². The Labute approximate surface area is 87.2 Å². The van der Waals surface area contributed by atoms with Gasteiger partial charge in [0.15, 0.2) is 0 Å². The molecule has 0 aromatic heterocycles. The first-order chi connectivity index (χ1) is 4.63. The van der Waals surface area contributed by atoms with E-state index >= 15 is 0 Å². The van der Waals surface area contributed by atoms with Crippen LogP contribution in [0.5, 0.6) is 0 Å². The summed E-state index contributed by atoms with van der Waals surface area (Å²) in [6.07, 6.45) is 0. The molecule has 0 aliphatic heterocycles. The average molecular weight is 331 g/mol. The van der Waals surface area contributed by atoms with E-state index in [0.717, 1.165) is 15.1 Å². The molecule has 0 amide bonds. The predicted octanol–water partition coefficient (Wildman–Crippen LogP) is 4.02. The van der Waals surface area contributed by atoms with Crippen LogP contribution in [0, 0.1) is 10.5 Å². The maximum atomic E-state index is 5.93. The Morgan fingerprint density at radius 2 is 2.10 bits per heavy atom. The van der Waals surface area contributed by atoms with Gasteiger partial charge in [0.1, 0.15) is 0 Å². The molecular formula is C7H5BrClI. The number of hydrogen-bond acceptors (Lipinski definition) is 0. The van der Waals surface area contributed by atoms with Crippen LogP contribution in [0.3, 0.4) is 0 Å². The van der Waals surface area contributed by atoms with E-state index in [9.17, 15) is 0 Å². The SMILES string of the molecule is Cc1c(I)ccc(Br)c1Cl. The lowest BCUT2D eigenvalue weighted by molar-refractivity contribution is 1.41. The van der Waals surface area contributed by atoms with Crippen molar-refractivity contribution in [2.24, 2.45) is 0 Å². The van der Waals surface area contributed by atoms with Crippen molar-refractivity contribution in [3.63, 3.8) is 0 Å². The first-order valence-electron chi connectivity index (χ1n) is 2.73. The van der Waals surface area contributed by atoms with Gasteiger partial charge in [-0.3, -0.25) is 0 Å². The van der Waals surface area contributed by atoms with Crippen molar-refractivity contribution < 1.29 is 0 Å². The number of benzene rings is 1. The minimum atomic E-state index is 0.812. The fraction of sp³-hybridized carbons (Fsp3) is 0.143. The largest absolute Gasteiger partial charge is 0.0828 e. The van der Waals surface area contributed by atoms with Crippen LogP contribution in [0.4, 0.5) is 0 Å². The molecule has 10 heavy (non-hydrogen) atoms. The lowest BCUT2D eigenvalue weighted by Gasteiger charge is -2.01. The van der Waals surface area contributed by atoms with Gasteiger partial charge in [0, 0.05) is 8.04 Å². The quantitative estimate of drug-likeness (QED) is 0.498. The van der Waals surface area contributed by atoms with Crippen molar-refractivity contribution in [2.45, 2.75) is 6.92 Å². The van der Waals surface area contributed by atoms with Gasteiger partial charge < -0.3 is 0 Å². The molecule has 1 aromatic carbocycles. The first kappa shape index (κ1) is 8.81. The van der Waals surface area contributed by atoms with Crippen LogP contribution in [0.25, 0.3) is 0 Å². The maximum Gasteiger partial charge on any atom is 0.0587 e. The Bertz CT molecular complexity index is 233. The molecule has 1 rings (SSSR count). The molecule has 54 valence electrons. The Morgan fingerprint density at radius 1 is 1.50 bits per heavy atom. The van der Waals surface area contributed by atoms with Gasteiger partial charge in [-0.05, 0) is 63.1 Å². The normalized spacial score (nSPS) is 10.0. The minimum absolute atomic E-state index is 0.812. The topological polar surface area (TPSA) is 0 Å². The molecular weight excluding hydrogens is 326 g/mol. The van der Waals surface area contributed by atoms with Crippen molar-refractivity contribution in [3.8, 4) is 0 Å². The molecule has 1 aromatic rings. The summed E-state index contributed by atoms with van der Waals surface area (Å²) >= 11 is 11.5. The van der Waals surface area contributed by atoms with Gasteiger partial charge in [-0.15, -0.1) is 0 Å². The summed E-state index contributed by atoms with van der Waals surface area (Å²) in [5.74, 6) is 0. The molecule has 0 unspecified atom stereocenters. The standard InChI is InChI=1S/C7H5BrClI/c1-4-6(10)3-2-5(8)7(4)9/h2-3H,1H3. The summed E-state index contributed by atoms with van der Waals surface area (Å²) in [7, 11) is 0. The molecule has 0 atom stereocenters. The second-order valence-corrected chi connectivity index (χ2v) is 4.36. The Balaban J connectivity index is 3.34. The van der Waals surface area contributed by atoms with Crippen molar-refractivity contribution in [3.05, 3.63) is 30.8 Å². The highest BCUT2D eigenvalue weighted by Crippen LogP contribution is 2.28. The van der Waals surface area contributed by atoms with E-state index in [1.54, 1.807) is 0 Å². The molecule has 0 radical (unpaired) electrons. The molecule has 0 fully saturated rings. The average Bonchev–Trinajstić information content (AvgIpc) is 1.93. The third-order valence-electron chi connectivity index (χ3n) is 1.27. The second-order valence-electron chi connectivity index (χ2n) is 1.97. The zero-order valence-corrected chi connectivity index (χ0v) is 9.79. The Kier molecular flexibility index (Phi) is 3.01. The summed E-state index contributed by atoms with van der Waals surface area (Å²) in [4.78, 5) is 0. The second kappa shape index (κ2) is 3.41. The lowest BCUT2D eigenvalue weighted by Crippen LogP contribution is -1.81. The molecule has 0 bridgehead atoms. The Morgan fingerprint density at radius 3 is 2.60 bits per heavy atom. The molecule has 3 heteroatoms. The van der Waals surface area contributed by atoms with E-state index < -0.39 is 0 Å². The zero-order valence-electron chi connectivity index (χ0n) is 5.29. The van der Waals surface area contributed by atoms with Crippen molar-refractivity contribution >= 4 is 50.1 Å². The molecule has 0 nitrogen and oxygen atoms in total. The van der Waals surface area contributed by atoms with Crippen LogP contribution in [0.2, 0.25) is 5.02 Å². The fourth-order valence-corrected chi connectivity index (χ4v) is 1.83. The van der Waals surface area contributed by atoms with Gasteiger partial charge in [-0.25, -0.2) is 0 Å². The van der Waals surface area contributed by atoms with Gasteiger partial charge in [-0.2, -0.15) is 0 Å². The van der Waals surface area contributed by atoms with E-state index in [2.05, 4.69) is 38.5 Å². The van der Waals surface area contributed by atoms with Gasteiger partial charge in [-0.1, -0.05) is 11.6 Å². The summed E-state index contributed by atoms with van der Waals surface area (Å²) in [6, 6.07) is 3.99. The van der Waals surface area contributed by atoms with Crippen LogP contribution in [-0.2, 0) is 0 Å². The molecule has 0 heterocycles. The summed E-state index contributed by atoms with van der Waals surface area (Å²) in [5.41, 5.74) is 1.14. The van der Waals surface area contributed by atoms with Crippen LogP contribution in [0.15, 0.2) is 16.6 Å². The van der Waals surface area contributed by atoms with Crippen molar-refractivity contribution in [1.29, 1.82) is 0 Å². The van der Waals surface area contributed by atoms with Crippen LogP contribution < -0.4 is 0 Å².